The second-order valence-corrected chi connectivity index (χ2v) is 5.14. The van der Waals surface area contributed by atoms with Crippen molar-refractivity contribution in [1.29, 1.82) is 0 Å². The highest BCUT2D eigenvalue weighted by Crippen LogP contribution is 2.19. The smallest absolute Gasteiger partial charge is 0.156 e. The minimum Gasteiger partial charge on any atom is -0.438 e. The quantitative estimate of drug-likeness (QED) is 0.450. The molecular formula is C11H26OSi. The van der Waals surface area contributed by atoms with Gasteiger partial charge in [-0.1, -0.05) is 58.8 Å². The van der Waals surface area contributed by atoms with Crippen molar-refractivity contribution in [1.82, 2.24) is 0 Å². The summed E-state index contributed by atoms with van der Waals surface area (Å²) in [6.07, 6.45) is 9.52. The normalized spacial score (nSPS) is 14.1. The monoisotopic (exact) mass is 202 g/mol. The third-order valence-corrected chi connectivity index (χ3v) is 3.54. The Kier molecular flexibility index (Phi) is 10.4. The predicted octanol–water partition coefficient (Wildman–Crippen LogP) is 2.87. The van der Waals surface area contributed by atoms with E-state index in [0.717, 1.165) is 12.0 Å². The van der Waals surface area contributed by atoms with Gasteiger partial charge < -0.3 is 4.80 Å². The molecule has 13 heavy (non-hydrogen) atoms. The summed E-state index contributed by atoms with van der Waals surface area (Å²) in [4.78, 5) is 8.86. The van der Waals surface area contributed by atoms with Crippen LogP contribution >= 0.6 is 0 Å². The Bertz CT molecular complexity index is 96.1. The highest BCUT2D eigenvalue weighted by Gasteiger charge is 2.04. The Hall–Kier alpha value is 0.177. The van der Waals surface area contributed by atoms with Crippen LogP contribution in [0.5, 0.6) is 0 Å². The zero-order valence-electron chi connectivity index (χ0n) is 9.39. The highest BCUT2D eigenvalue weighted by molar-refractivity contribution is 6.25. The fraction of sp³-hybridized carbons (Fsp3) is 1.00. The second kappa shape index (κ2) is 10.3. The molecule has 0 radical (unpaired) electrons. The van der Waals surface area contributed by atoms with E-state index < -0.39 is 9.76 Å². The molecule has 0 saturated heterocycles. The fourth-order valence-corrected chi connectivity index (χ4v) is 2.55. The van der Waals surface area contributed by atoms with Crippen LogP contribution < -0.4 is 0 Å². The largest absolute Gasteiger partial charge is 0.438 e. The molecule has 0 aromatic carbocycles. The average Bonchev–Trinajstić information content (AvgIpc) is 2.17. The Morgan fingerprint density at radius 3 is 2.38 bits per heavy atom. The zero-order valence-corrected chi connectivity index (χ0v) is 10.8. The molecule has 0 fully saturated rings. The van der Waals surface area contributed by atoms with E-state index in [0.29, 0.717) is 0 Å². The van der Waals surface area contributed by atoms with Gasteiger partial charge in [0.15, 0.2) is 9.76 Å². The summed E-state index contributed by atoms with van der Waals surface area (Å²) < 4.78 is 0. The van der Waals surface area contributed by atoms with Gasteiger partial charge in [-0.2, -0.15) is 0 Å². The molecule has 1 unspecified atom stereocenters. The number of unbranched alkanes of at least 4 members (excludes halogenated alkanes) is 3. The molecule has 0 amide bonds. The first-order valence-corrected chi connectivity index (χ1v) is 7.59. The van der Waals surface area contributed by atoms with E-state index in [-0.39, 0.29) is 0 Å². The van der Waals surface area contributed by atoms with Crippen LogP contribution in [0, 0.1) is 5.92 Å². The Labute approximate surface area is 85.9 Å². The van der Waals surface area contributed by atoms with Gasteiger partial charge in [0.25, 0.3) is 0 Å². The van der Waals surface area contributed by atoms with E-state index in [1.54, 1.807) is 0 Å². The molecular weight excluding hydrogens is 176 g/mol. The summed E-state index contributed by atoms with van der Waals surface area (Å²) in [6.45, 7) is 4.54. The maximum atomic E-state index is 8.86. The van der Waals surface area contributed by atoms with Crippen molar-refractivity contribution in [2.75, 3.05) is 0 Å². The first-order chi connectivity index (χ1) is 6.35. The summed E-state index contributed by atoms with van der Waals surface area (Å²) in [7, 11) is -0.671. The first kappa shape index (κ1) is 13.2. The Balaban J connectivity index is 3.25. The first-order valence-electron chi connectivity index (χ1n) is 5.96. The third-order valence-electron chi connectivity index (χ3n) is 2.81. The summed E-state index contributed by atoms with van der Waals surface area (Å²) in [5.41, 5.74) is 0. The van der Waals surface area contributed by atoms with Crippen LogP contribution in [0.3, 0.4) is 0 Å². The maximum Gasteiger partial charge on any atom is 0.156 e. The lowest BCUT2D eigenvalue weighted by atomic mass is 9.96. The van der Waals surface area contributed by atoms with Crippen molar-refractivity contribution < 1.29 is 4.80 Å². The molecule has 0 aliphatic heterocycles. The van der Waals surface area contributed by atoms with Crippen molar-refractivity contribution in [3.05, 3.63) is 0 Å². The molecule has 0 aromatic rings. The van der Waals surface area contributed by atoms with Gasteiger partial charge in [-0.25, -0.2) is 0 Å². The van der Waals surface area contributed by atoms with Gasteiger partial charge in [0, 0.05) is 0 Å². The molecule has 1 atom stereocenters. The molecule has 2 heteroatoms. The predicted molar refractivity (Wildman–Crippen MR) is 62.7 cm³/mol. The van der Waals surface area contributed by atoms with E-state index in [1.807, 2.05) is 0 Å². The standard InChI is InChI=1S/C11H26OSi/c1-3-5-6-7-8-11(4-2)9-10-13-12/h11-12H,3-10,13H2,1-2H3. The molecule has 0 aliphatic rings. The minimum atomic E-state index is -0.671. The van der Waals surface area contributed by atoms with Crippen LogP contribution in [0.15, 0.2) is 0 Å². The van der Waals surface area contributed by atoms with Crippen LogP contribution in [-0.4, -0.2) is 14.6 Å². The lowest BCUT2D eigenvalue weighted by molar-refractivity contribution is 0.424. The van der Waals surface area contributed by atoms with Gasteiger partial charge >= 0.3 is 0 Å². The van der Waals surface area contributed by atoms with E-state index in [2.05, 4.69) is 13.8 Å². The van der Waals surface area contributed by atoms with Gasteiger partial charge in [0.2, 0.25) is 0 Å². The summed E-state index contributed by atoms with van der Waals surface area (Å²) in [5.74, 6) is 0.900. The molecule has 0 aromatic heterocycles. The van der Waals surface area contributed by atoms with Gasteiger partial charge in [0.05, 0.1) is 0 Å². The van der Waals surface area contributed by atoms with Crippen LogP contribution in [-0.2, 0) is 0 Å². The fourth-order valence-electron chi connectivity index (χ4n) is 1.79. The van der Waals surface area contributed by atoms with Crippen LogP contribution in [0.25, 0.3) is 0 Å². The summed E-state index contributed by atoms with van der Waals surface area (Å²) >= 11 is 0. The second-order valence-electron chi connectivity index (χ2n) is 3.99. The van der Waals surface area contributed by atoms with Gasteiger partial charge in [-0.3, -0.25) is 0 Å². The van der Waals surface area contributed by atoms with E-state index in [1.165, 1.54) is 44.9 Å². The average molecular weight is 202 g/mol. The number of rotatable bonds is 9. The van der Waals surface area contributed by atoms with Crippen molar-refractivity contribution in [3.8, 4) is 0 Å². The number of hydrogen-bond donors (Lipinski definition) is 1. The highest BCUT2D eigenvalue weighted by atomic mass is 28.2. The minimum absolute atomic E-state index is 0.671. The molecule has 0 spiro atoms. The molecule has 0 saturated carbocycles. The SMILES string of the molecule is CCCCCCC(CC)CC[SiH2]O. The zero-order chi connectivity index (χ0) is 9.94. The van der Waals surface area contributed by atoms with E-state index >= 15 is 0 Å². The molecule has 1 N–H and O–H groups in total. The summed E-state index contributed by atoms with van der Waals surface area (Å²) in [6, 6.07) is 1.13. The summed E-state index contributed by atoms with van der Waals surface area (Å²) in [5, 5.41) is 0. The maximum absolute atomic E-state index is 8.86. The lowest BCUT2D eigenvalue weighted by Crippen LogP contribution is -2.01. The van der Waals surface area contributed by atoms with Gasteiger partial charge in [0.1, 0.15) is 0 Å². The van der Waals surface area contributed by atoms with Gasteiger partial charge in [-0.15, -0.1) is 0 Å². The topological polar surface area (TPSA) is 20.2 Å². The van der Waals surface area contributed by atoms with Crippen molar-refractivity contribution in [3.63, 3.8) is 0 Å². The lowest BCUT2D eigenvalue weighted by Gasteiger charge is -2.13. The van der Waals surface area contributed by atoms with Gasteiger partial charge in [-0.05, 0) is 12.0 Å². The Morgan fingerprint density at radius 1 is 1.08 bits per heavy atom. The van der Waals surface area contributed by atoms with Crippen LogP contribution in [0.4, 0.5) is 0 Å². The van der Waals surface area contributed by atoms with E-state index in [4.69, 9.17) is 4.80 Å². The molecule has 0 aliphatic carbocycles. The van der Waals surface area contributed by atoms with Crippen LogP contribution in [0.1, 0.15) is 58.8 Å². The molecule has 1 nitrogen and oxygen atoms in total. The Morgan fingerprint density at radius 2 is 1.85 bits per heavy atom. The molecule has 0 bridgehead atoms. The van der Waals surface area contributed by atoms with Crippen molar-refractivity contribution in [2.45, 2.75) is 64.8 Å². The molecule has 80 valence electrons. The van der Waals surface area contributed by atoms with Crippen molar-refractivity contribution >= 4 is 9.76 Å². The van der Waals surface area contributed by atoms with Crippen molar-refractivity contribution in [2.24, 2.45) is 5.92 Å². The van der Waals surface area contributed by atoms with Crippen LogP contribution in [0.2, 0.25) is 6.04 Å². The molecule has 0 heterocycles. The number of hydrogen-bond acceptors (Lipinski definition) is 1. The molecule has 0 rings (SSSR count). The third kappa shape index (κ3) is 8.51. The van der Waals surface area contributed by atoms with E-state index in [9.17, 15) is 0 Å².